The zero-order valence-electron chi connectivity index (χ0n) is 14.8. The van der Waals surface area contributed by atoms with E-state index in [-0.39, 0.29) is 0 Å². The lowest BCUT2D eigenvalue weighted by molar-refractivity contribution is 0.624. The number of fused-ring (bicyclic) bond motifs is 1. The summed E-state index contributed by atoms with van der Waals surface area (Å²) in [4.78, 5) is 14.9. The molecular weight excluding hydrogens is 320 g/mol. The van der Waals surface area contributed by atoms with Gasteiger partial charge in [-0.15, -0.1) is 0 Å². The molecule has 2 aromatic heterocycles. The molecule has 1 N–H and O–H groups in total. The first kappa shape index (κ1) is 16.8. The minimum Gasteiger partial charge on any atom is -0.362 e. The molecule has 4 nitrogen and oxygen atoms in total. The number of rotatable bonds is 2. The van der Waals surface area contributed by atoms with Gasteiger partial charge in [0.1, 0.15) is 5.84 Å². The molecular formula is C19H23ClN4. The van der Waals surface area contributed by atoms with Crippen LogP contribution >= 0.6 is 11.6 Å². The van der Waals surface area contributed by atoms with Gasteiger partial charge in [0.15, 0.2) is 0 Å². The summed E-state index contributed by atoms with van der Waals surface area (Å²) in [6, 6.07) is 1.94. The molecule has 0 unspecified atom stereocenters. The molecule has 5 heteroatoms. The number of amidine groups is 1. The molecule has 2 aromatic rings. The topological polar surface area (TPSA) is 44.3 Å². The van der Waals surface area contributed by atoms with Crippen LogP contribution in [0.25, 0.3) is 16.6 Å². The van der Waals surface area contributed by atoms with Gasteiger partial charge in [-0.05, 0) is 36.1 Å². The normalized spacial score (nSPS) is 15.2. The first-order valence-corrected chi connectivity index (χ1v) is 8.53. The lowest BCUT2D eigenvalue weighted by Gasteiger charge is -2.18. The van der Waals surface area contributed by atoms with Gasteiger partial charge in [0, 0.05) is 25.9 Å². The van der Waals surface area contributed by atoms with Gasteiger partial charge in [-0.2, -0.15) is 0 Å². The molecule has 0 saturated carbocycles. The Morgan fingerprint density at radius 2 is 2.00 bits per heavy atom. The molecule has 0 aromatic carbocycles. The van der Waals surface area contributed by atoms with Gasteiger partial charge in [-0.25, -0.2) is 4.98 Å². The zero-order chi connectivity index (χ0) is 17.4. The molecule has 0 amide bonds. The highest BCUT2D eigenvalue weighted by Crippen LogP contribution is 2.30. The molecule has 0 atom stereocenters. The van der Waals surface area contributed by atoms with Gasteiger partial charge in [0.05, 0.1) is 28.3 Å². The van der Waals surface area contributed by atoms with E-state index in [0.29, 0.717) is 17.5 Å². The first-order valence-electron chi connectivity index (χ1n) is 8.16. The maximum Gasteiger partial charge on any atom is 0.132 e. The standard InChI is InChI=1S/C19H23ClN4/c1-11(2)13-6-7-14(19(22-10-13)24(4)5)18-15(20)8-16-17(23-18)12(3)9-21-16/h6-9,11,21H,10H2,1-5H3. The van der Waals surface area contributed by atoms with Crippen molar-refractivity contribution < 1.29 is 0 Å². The van der Waals surface area contributed by atoms with E-state index >= 15 is 0 Å². The van der Waals surface area contributed by atoms with Crippen LogP contribution in [0.3, 0.4) is 0 Å². The molecule has 1 aliphatic rings. The highest BCUT2D eigenvalue weighted by molar-refractivity contribution is 6.35. The van der Waals surface area contributed by atoms with Gasteiger partial charge in [-0.1, -0.05) is 31.5 Å². The molecule has 0 fully saturated rings. The average Bonchev–Trinajstić information content (AvgIpc) is 2.74. The molecule has 1 aliphatic heterocycles. The second kappa shape index (κ2) is 6.44. The van der Waals surface area contributed by atoms with Crippen molar-refractivity contribution >= 4 is 34.0 Å². The van der Waals surface area contributed by atoms with Crippen molar-refractivity contribution in [1.29, 1.82) is 0 Å². The summed E-state index contributed by atoms with van der Waals surface area (Å²) in [5.74, 6) is 1.37. The number of allylic oxidation sites excluding steroid dienone is 2. The molecule has 24 heavy (non-hydrogen) atoms. The minimum atomic E-state index is 0.464. The predicted molar refractivity (Wildman–Crippen MR) is 103 cm³/mol. The van der Waals surface area contributed by atoms with Crippen LogP contribution in [-0.2, 0) is 0 Å². The SMILES string of the molecule is Cc1c[nH]c2cc(Cl)c(C3=CC=C(C(C)C)CN=C3N(C)C)nc12. The Morgan fingerprint density at radius 1 is 1.25 bits per heavy atom. The van der Waals surface area contributed by atoms with E-state index in [0.717, 1.165) is 33.7 Å². The molecule has 3 rings (SSSR count). The number of pyridine rings is 1. The third kappa shape index (κ3) is 2.98. The number of aromatic nitrogens is 2. The second-order valence-electron chi connectivity index (χ2n) is 6.70. The van der Waals surface area contributed by atoms with Crippen molar-refractivity contribution in [2.45, 2.75) is 20.8 Å². The number of nitrogens with zero attached hydrogens (tertiary/aromatic N) is 3. The van der Waals surface area contributed by atoms with Crippen LogP contribution in [0.2, 0.25) is 5.02 Å². The Kier molecular flexibility index (Phi) is 4.50. The number of aliphatic imine (C=N–C) groups is 1. The van der Waals surface area contributed by atoms with Crippen LogP contribution in [0.4, 0.5) is 0 Å². The number of halogens is 1. The number of H-pyrrole nitrogens is 1. The van der Waals surface area contributed by atoms with E-state index < -0.39 is 0 Å². The summed E-state index contributed by atoms with van der Waals surface area (Å²) in [5, 5.41) is 0.631. The van der Waals surface area contributed by atoms with E-state index in [1.165, 1.54) is 5.57 Å². The van der Waals surface area contributed by atoms with Crippen molar-refractivity contribution in [1.82, 2.24) is 14.9 Å². The minimum absolute atomic E-state index is 0.464. The number of likely N-dealkylation sites (N-methyl/N-ethyl adjacent to an activating group) is 1. The maximum absolute atomic E-state index is 6.55. The third-order valence-corrected chi connectivity index (χ3v) is 4.62. The summed E-state index contributed by atoms with van der Waals surface area (Å²) < 4.78 is 0. The van der Waals surface area contributed by atoms with Gasteiger partial charge < -0.3 is 9.88 Å². The lowest BCUT2D eigenvalue weighted by Crippen LogP contribution is -2.24. The van der Waals surface area contributed by atoms with Crippen LogP contribution in [0.5, 0.6) is 0 Å². The van der Waals surface area contributed by atoms with Crippen molar-refractivity contribution in [2.75, 3.05) is 20.6 Å². The molecule has 126 valence electrons. The van der Waals surface area contributed by atoms with Crippen LogP contribution in [0.1, 0.15) is 25.1 Å². The Labute approximate surface area is 147 Å². The van der Waals surface area contributed by atoms with Gasteiger partial charge in [0.2, 0.25) is 0 Å². The fourth-order valence-electron chi connectivity index (χ4n) is 2.85. The predicted octanol–water partition coefficient (Wildman–Crippen LogP) is 4.46. The van der Waals surface area contributed by atoms with E-state index in [1.54, 1.807) is 0 Å². The molecule has 0 saturated heterocycles. The van der Waals surface area contributed by atoms with Gasteiger partial charge >= 0.3 is 0 Å². The smallest absolute Gasteiger partial charge is 0.132 e. The van der Waals surface area contributed by atoms with Crippen molar-refractivity contribution in [3.63, 3.8) is 0 Å². The van der Waals surface area contributed by atoms with E-state index in [9.17, 15) is 0 Å². The fourth-order valence-corrected chi connectivity index (χ4v) is 3.11. The Morgan fingerprint density at radius 3 is 2.67 bits per heavy atom. The highest BCUT2D eigenvalue weighted by atomic mass is 35.5. The first-order chi connectivity index (χ1) is 11.4. The number of nitrogens with one attached hydrogen (secondary N) is 1. The monoisotopic (exact) mass is 342 g/mol. The molecule has 3 heterocycles. The second-order valence-corrected chi connectivity index (χ2v) is 7.10. The molecule has 0 radical (unpaired) electrons. The Balaban J connectivity index is 2.20. The molecule has 0 spiro atoms. The van der Waals surface area contributed by atoms with Crippen LogP contribution in [0.15, 0.2) is 35.0 Å². The quantitative estimate of drug-likeness (QED) is 0.875. The van der Waals surface area contributed by atoms with Gasteiger partial charge in [0.25, 0.3) is 0 Å². The largest absolute Gasteiger partial charge is 0.362 e. The zero-order valence-corrected chi connectivity index (χ0v) is 15.6. The number of aryl methyl sites for hydroxylation is 1. The fraction of sp³-hybridized carbons (Fsp3) is 0.368. The van der Waals surface area contributed by atoms with Crippen molar-refractivity contribution in [3.8, 4) is 0 Å². The van der Waals surface area contributed by atoms with Gasteiger partial charge in [-0.3, -0.25) is 4.99 Å². The Bertz CT molecular complexity index is 869. The maximum atomic E-state index is 6.55. The van der Waals surface area contributed by atoms with E-state index in [2.05, 4.69) is 31.0 Å². The lowest BCUT2D eigenvalue weighted by atomic mass is 10.0. The van der Waals surface area contributed by atoms with Crippen LogP contribution in [0, 0.1) is 12.8 Å². The Hall–Kier alpha value is -2.07. The summed E-state index contributed by atoms with van der Waals surface area (Å²) >= 11 is 6.55. The summed E-state index contributed by atoms with van der Waals surface area (Å²) in [6.45, 7) is 7.13. The number of hydrogen-bond donors (Lipinski definition) is 1. The summed E-state index contributed by atoms with van der Waals surface area (Å²) in [5.41, 5.74) is 6.06. The highest BCUT2D eigenvalue weighted by Gasteiger charge is 2.20. The number of aromatic amines is 1. The van der Waals surface area contributed by atoms with Crippen molar-refractivity contribution in [3.05, 3.63) is 46.3 Å². The van der Waals surface area contributed by atoms with E-state index in [4.69, 9.17) is 21.6 Å². The average molecular weight is 343 g/mol. The third-order valence-electron chi connectivity index (χ3n) is 4.33. The molecule has 0 bridgehead atoms. The van der Waals surface area contributed by atoms with Crippen LogP contribution in [-0.4, -0.2) is 41.3 Å². The van der Waals surface area contributed by atoms with E-state index in [1.807, 2.05) is 38.2 Å². The van der Waals surface area contributed by atoms with Crippen molar-refractivity contribution in [2.24, 2.45) is 10.9 Å². The summed E-state index contributed by atoms with van der Waals surface area (Å²) in [7, 11) is 4.00. The molecule has 0 aliphatic carbocycles. The van der Waals surface area contributed by atoms with Crippen LogP contribution < -0.4 is 0 Å². The number of hydrogen-bond acceptors (Lipinski definition) is 3. The summed E-state index contributed by atoms with van der Waals surface area (Å²) in [6.07, 6.45) is 6.21.